The van der Waals surface area contributed by atoms with Crippen LogP contribution in [0.3, 0.4) is 0 Å². The number of thiol groups is 3. The van der Waals surface area contributed by atoms with E-state index in [9.17, 15) is 14.4 Å². The molecule has 0 saturated carbocycles. The maximum atomic E-state index is 10.1. The summed E-state index contributed by atoms with van der Waals surface area (Å²) < 4.78 is 14.3. The fraction of sp³-hybridized carbons (Fsp3) is 0.812. The third-order valence-electron chi connectivity index (χ3n) is 2.16. The molecular formula is C16H33O6S3Sn. The van der Waals surface area contributed by atoms with E-state index in [1.807, 2.05) is 0 Å². The molecule has 0 rings (SSSR count). The number of carbonyl (C=O) groups excluding carboxylic acids is 3. The van der Waals surface area contributed by atoms with Gasteiger partial charge in [-0.2, -0.15) is 37.9 Å². The summed E-state index contributed by atoms with van der Waals surface area (Å²) in [6.45, 7) is 2.23. The summed E-state index contributed by atoms with van der Waals surface area (Å²) >= 11 is 13.1. The minimum Gasteiger partial charge on any atom is -0.469 e. The topological polar surface area (TPSA) is 78.9 Å². The molecule has 0 fully saturated rings. The molecule has 3 radical (unpaired) electrons. The largest absolute Gasteiger partial charge is 0.469 e. The van der Waals surface area contributed by atoms with E-state index < -0.39 is 0 Å². The molecule has 0 amide bonds. The normalized spacial score (nSPS) is 8.31. The second-order valence-electron chi connectivity index (χ2n) is 4.25. The van der Waals surface area contributed by atoms with Crippen LogP contribution in [0.2, 0.25) is 4.44 Å². The summed E-state index contributed by atoms with van der Waals surface area (Å²) in [7, 11) is 4.10. The van der Waals surface area contributed by atoms with Gasteiger partial charge in [-0.05, 0) is 0 Å². The standard InChI is InChI=1S/3C4H8O2S.C4H9.Sn/c3*1-6-4(5)2-3-7;1-3-4-2;/h3*7H,2-3H2,1H3;1,3-4H2,2H3;. The summed E-state index contributed by atoms with van der Waals surface area (Å²) in [5, 5.41) is 0. The van der Waals surface area contributed by atoms with Gasteiger partial charge in [-0.25, -0.2) is 0 Å². The van der Waals surface area contributed by atoms with Crippen molar-refractivity contribution in [2.24, 2.45) is 0 Å². The Labute approximate surface area is 188 Å². The van der Waals surface area contributed by atoms with Gasteiger partial charge in [0.05, 0.1) is 40.6 Å². The molecule has 0 atom stereocenters. The van der Waals surface area contributed by atoms with Crippen LogP contribution < -0.4 is 0 Å². The molecule has 0 aliphatic heterocycles. The maximum absolute atomic E-state index is 10.1. The van der Waals surface area contributed by atoms with Crippen molar-refractivity contribution in [3.63, 3.8) is 0 Å². The van der Waals surface area contributed by atoms with Gasteiger partial charge in [-0.1, -0.05) is 0 Å². The molecule has 0 aromatic carbocycles. The van der Waals surface area contributed by atoms with Crippen LogP contribution in [-0.4, -0.2) is 79.0 Å². The predicted octanol–water partition coefficient (Wildman–Crippen LogP) is 2.81. The van der Waals surface area contributed by atoms with Crippen molar-refractivity contribution < 1.29 is 28.6 Å². The van der Waals surface area contributed by atoms with Crippen LogP contribution in [0.15, 0.2) is 0 Å². The zero-order chi connectivity index (χ0) is 21.2. The molecule has 0 spiro atoms. The Hall–Kier alpha value is 0.259. The van der Waals surface area contributed by atoms with Crippen LogP contribution in [0.4, 0.5) is 0 Å². The van der Waals surface area contributed by atoms with Gasteiger partial charge in [-0.3, -0.25) is 14.4 Å². The summed E-state index contributed by atoms with van der Waals surface area (Å²) in [4.78, 5) is 30.4. The molecule has 0 aliphatic rings. The zero-order valence-corrected chi connectivity index (χ0v) is 21.7. The monoisotopic (exact) mass is 537 g/mol. The second-order valence-corrected chi connectivity index (χ2v) is 7.02. The number of esters is 3. The van der Waals surface area contributed by atoms with Gasteiger partial charge >= 0.3 is 64.6 Å². The van der Waals surface area contributed by atoms with E-state index in [4.69, 9.17) is 0 Å². The first-order valence-electron chi connectivity index (χ1n) is 8.02. The molecule has 10 heteroatoms. The van der Waals surface area contributed by atoms with E-state index in [1.54, 1.807) is 22.5 Å². The quantitative estimate of drug-likeness (QED) is 0.192. The van der Waals surface area contributed by atoms with Crippen LogP contribution in [0.5, 0.6) is 0 Å². The molecule has 6 nitrogen and oxygen atoms in total. The molecule has 0 saturated heterocycles. The number of ether oxygens (including phenoxy) is 3. The Morgan fingerprint density at radius 1 is 0.731 bits per heavy atom. The van der Waals surface area contributed by atoms with Gasteiger partial charge < -0.3 is 14.2 Å². The Morgan fingerprint density at radius 2 is 1.00 bits per heavy atom. The van der Waals surface area contributed by atoms with Crippen molar-refractivity contribution >= 4 is 78.3 Å². The molecule has 0 N–H and O–H groups in total. The molecule has 26 heavy (non-hydrogen) atoms. The fourth-order valence-corrected chi connectivity index (χ4v) is 2.31. The summed E-state index contributed by atoms with van der Waals surface area (Å²) in [6, 6.07) is 0. The van der Waals surface area contributed by atoms with E-state index in [2.05, 4.69) is 59.0 Å². The van der Waals surface area contributed by atoms with Gasteiger partial charge in [0.15, 0.2) is 0 Å². The predicted molar refractivity (Wildman–Crippen MR) is 117 cm³/mol. The van der Waals surface area contributed by atoms with Gasteiger partial charge in [0.25, 0.3) is 0 Å². The second kappa shape index (κ2) is 32.9. The average Bonchev–Trinajstić information content (AvgIpc) is 2.64. The van der Waals surface area contributed by atoms with Gasteiger partial charge in [0.1, 0.15) is 0 Å². The van der Waals surface area contributed by atoms with Crippen LogP contribution in [-0.2, 0) is 28.6 Å². The first-order valence-corrected chi connectivity index (χ1v) is 11.9. The van der Waals surface area contributed by atoms with E-state index in [0.717, 1.165) is 0 Å². The third-order valence-corrected chi connectivity index (χ3v) is 3.84. The van der Waals surface area contributed by atoms with E-state index in [-0.39, 0.29) is 17.9 Å². The summed E-state index contributed by atoms with van der Waals surface area (Å²) in [6.07, 6.45) is 4.00. The number of hydrogen-bond donors (Lipinski definition) is 3. The van der Waals surface area contributed by atoms with Crippen LogP contribution in [0.1, 0.15) is 39.0 Å². The first kappa shape index (κ1) is 33.8. The van der Waals surface area contributed by atoms with E-state index >= 15 is 0 Å². The molecule has 0 unspecified atom stereocenters. The number of methoxy groups -OCH3 is 3. The fourth-order valence-electron chi connectivity index (χ4n) is 0.757. The molecule has 0 aliphatic carbocycles. The molecule has 0 aromatic rings. The van der Waals surface area contributed by atoms with Crippen LogP contribution >= 0.6 is 37.9 Å². The Morgan fingerprint density at radius 3 is 1.04 bits per heavy atom. The Balaban J connectivity index is -0.000000125. The van der Waals surface area contributed by atoms with Gasteiger partial charge in [0.2, 0.25) is 0 Å². The van der Waals surface area contributed by atoms with Crippen molar-refractivity contribution in [2.75, 3.05) is 38.6 Å². The van der Waals surface area contributed by atoms with Crippen molar-refractivity contribution in [1.29, 1.82) is 0 Å². The molecule has 0 bridgehead atoms. The van der Waals surface area contributed by atoms with E-state index in [1.165, 1.54) is 38.6 Å². The molecular weight excluding hydrogens is 503 g/mol. The number of hydrogen-bond acceptors (Lipinski definition) is 9. The van der Waals surface area contributed by atoms with Crippen molar-refractivity contribution in [3.8, 4) is 0 Å². The first-order chi connectivity index (χ1) is 12.3. The van der Waals surface area contributed by atoms with Gasteiger partial charge in [-0.15, -0.1) is 0 Å². The van der Waals surface area contributed by atoms with Crippen LogP contribution in [0, 0.1) is 0 Å². The molecule has 0 heterocycles. The van der Waals surface area contributed by atoms with Crippen molar-refractivity contribution in [3.05, 3.63) is 0 Å². The van der Waals surface area contributed by atoms with E-state index in [0.29, 0.717) is 36.5 Å². The van der Waals surface area contributed by atoms with Gasteiger partial charge in [0, 0.05) is 17.3 Å². The number of carbonyl (C=O) groups is 3. The SMILES string of the molecule is CCC[CH2][Sn].COC(=O)CCS.COC(=O)CCS.COC(=O)CCS. The smallest absolute Gasteiger partial charge is 0.306 e. The summed E-state index contributed by atoms with van der Waals surface area (Å²) in [5.74, 6) is 1.09. The number of unbranched alkanes of at least 4 members (excludes halogenated alkanes) is 1. The van der Waals surface area contributed by atoms with Crippen molar-refractivity contribution in [2.45, 2.75) is 43.5 Å². The molecule has 155 valence electrons. The van der Waals surface area contributed by atoms with Crippen LogP contribution in [0.25, 0.3) is 0 Å². The Kier molecular flexibility index (Phi) is 42.8. The number of rotatable bonds is 8. The Bertz CT molecular complexity index is 276. The minimum atomic E-state index is -0.199. The zero-order valence-electron chi connectivity index (χ0n) is 16.2. The minimum absolute atomic E-state index is 0.199. The summed E-state index contributed by atoms with van der Waals surface area (Å²) in [5.41, 5.74) is 0. The average molecular weight is 536 g/mol. The third kappa shape index (κ3) is 44.1. The molecule has 0 aromatic heterocycles. The maximum Gasteiger partial charge on any atom is 0.306 e. The van der Waals surface area contributed by atoms with Crippen molar-refractivity contribution in [1.82, 2.24) is 0 Å².